The van der Waals surface area contributed by atoms with E-state index in [4.69, 9.17) is 9.72 Å². The van der Waals surface area contributed by atoms with Gasteiger partial charge in [-0.15, -0.1) is 0 Å². The van der Waals surface area contributed by atoms with Crippen molar-refractivity contribution in [2.24, 2.45) is 5.92 Å². The Morgan fingerprint density at radius 1 is 1.12 bits per heavy atom. The van der Waals surface area contributed by atoms with Gasteiger partial charge in [0.1, 0.15) is 0 Å². The fourth-order valence-corrected chi connectivity index (χ4v) is 5.31. The summed E-state index contributed by atoms with van der Waals surface area (Å²) in [5.41, 5.74) is 4.99. The normalized spacial score (nSPS) is 14.9. The Morgan fingerprint density at radius 3 is 2.59 bits per heavy atom. The number of aryl methyl sites for hydroxylation is 1. The van der Waals surface area contributed by atoms with Gasteiger partial charge in [0, 0.05) is 30.4 Å². The third-order valence-corrected chi connectivity index (χ3v) is 7.11. The molecule has 0 saturated carbocycles. The van der Waals surface area contributed by atoms with Crippen molar-refractivity contribution in [2.45, 2.75) is 26.7 Å². The average Bonchev–Trinajstić information content (AvgIpc) is 3.37. The Labute approximate surface area is 190 Å². The van der Waals surface area contributed by atoms with Crippen LogP contribution < -0.4 is 0 Å². The molecular formula is C25H25N3O3S. The summed E-state index contributed by atoms with van der Waals surface area (Å²) < 4.78 is 8.25. The molecule has 3 heterocycles. The molecule has 0 spiro atoms. The molecule has 1 amide bonds. The maximum Gasteiger partial charge on any atom is 0.309 e. The van der Waals surface area contributed by atoms with Crippen LogP contribution in [0.4, 0.5) is 0 Å². The summed E-state index contributed by atoms with van der Waals surface area (Å²) in [5.74, 6) is -0.233. The third-order valence-electron chi connectivity index (χ3n) is 6.09. The van der Waals surface area contributed by atoms with Crippen molar-refractivity contribution in [1.29, 1.82) is 0 Å². The molecule has 32 heavy (non-hydrogen) atoms. The average molecular weight is 448 g/mol. The molecule has 6 nitrogen and oxygen atoms in total. The third kappa shape index (κ3) is 3.77. The number of piperidine rings is 1. The molecule has 0 unspecified atom stereocenters. The lowest BCUT2D eigenvalue weighted by molar-refractivity contribution is -0.149. The summed E-state index contributed by atoms with van der Waals surface area (Å²) in [6.07, 6.45) is 3.36. The topological polar surface area (TPSA) is 63.9 Å². The molecule has 5 rings (SSSR count). The predicted molar refractivity (Wildman–Crippen MR) is 126 cm³/mol. The minimum Gasteiger partial charge on any atom is -0.466 e. The number of esters is 1. The van der Waals surface area contributed by atoms with Crippen molar-refractivity contribution in [1.82, 2.24) is 14.3 Å². The number of ether oxygens (including phenoxy) is 1. The Balaban J connectivity index is 1.35. The number of hydrogen-bond acceptors (Lipinski definition) is 5. The van der Waals surface area contributed by atoms with Crippen molar-refractivity contribution in [2.75, 3.05) is 19.7 Å². The van der Waals surface area contributed by atoms with Gasteiger partial charge in [-0.3, -0.25) is 14.0 Å². The van der Waals surface area contributed by atoms with E-state index in [0.29, 0.717) is 38.1 Å². The highest BCUT2D eigenvalue weighted by Crippen LogP contribution is 2.31. The summed E-state index contributed by atoms with van der Waals surface area (Å²) in [7, 11) is 0. The molecule has 1 saturated heterocycles. The first-order valence-electron chi connectivity index (χ1n) is 11.0. The maximum absolute atomic E-state index is 13.1. The van der Waals surface area contributed by atoms with Gasteiger partial charge in [0.05, 0.1) is 28.4 Å². The fourth-order valence-electron chi connectivity index (χ4n) is 4.26. The molecule has 0 aliphatic carbocycles. The first-order valence-corrected chi connectivity index (χ1v) is 11.8. The van der Waals surface area contributed by atoms with E-state index in [1.807, 2.05) is 30.0 Å². The van der Waals surface area contributed by atoms with Gasteiger partial charge in [-0.1, -0.05) is 41.2 Å². The molecule has 4 aromatic rings. The minimum absolute atomic E-state index is 0.0144. The number of hydrogen-bond donors (Lipinski definition) is 0. The lowest BCUT2D eigenvalue weighted by Crippen LogP contribution is -2.40. The second-order valence-electron chi connectivity index (χ2n) is 8.25. The maximum atomic E-state index is 13.1. The zero-order valence-electron chi connectivity index (χ0n) is 18.2. The van der Waals surface area contributed by atoms with Crippen LogP contribution in [0, 0.1) is 12.8 Å². The van der Waals surface area contributed by atoms with E-state index >= 15 is 0 Å². The van der Waals surface area contributed by atoms with Crippen LogP contribution in [-0.4, -0.2) is 45.9 Å². The number of carbonyl (C=O) groups excluding carboxylic acids is 2. The predicted octanol–water partition coefficient (Wildman–Crippen LogP) is 4.94. The molecule has 0 N–H and O–H groups in total. The van der Waals surface area contributed by atoms with Crippen molar-refractivity contribution in [3.63, 3.8) is 0 Å². The van der Waals surface area contributed by atoms with Gasteiger partial charge in [0.15, 0.2) is 4.96 Å². The number of imidazole rings is 1. The molecule has 2 aromatic carbocycles. The summed E-state index contributed by atoms with van der Waals surface area (Å²) >= 11 is 1.59. The van der Waals surface area contributed by atoms with Crippen molar-refractivity contribution < 1.29 is 14.3 Å². The van der Waals surface area contributed by atoms with Crippen molar-refractivity contribution in [3.05, 3.63) is 59.8 Å². The largest absolute Gasteiger partial charge is 0.466 e. The molecule has 1 aliphatic rings. The molecule has 1 fully saturated rings. The number of rotatable bonds is 4. The Morgan fingerprint density at radius 2 is 1.88 bits per heavy atom. The van der Waals surface area contributed by atoms with E-state index in [9.17, 15) is 9.59 Å². The van der Waals surface area contributed by atoms with E-state index in [0.717, 1.165) is 26.4 Å². The number of amides is 1. The van der Waals surface area contributed by atoms with E-state index in [-0.39, 0.29) is 17.8 Å². The molecule has 164 valence electrons. The van der Waals surface area contributed by atoms with Crippen LogP contribution in [0.3, 0.4) is 0 Å². The van der Waals surface area contributed by atoms with Crippen LogP contribution in [0.1, 0.15) is 35.7 Å². The summed E-state index contributed by atoms with van der Waals surface area (Å²) in [6.45, 7) is 5.44. The molecule has 0 bridgehead atoms. The van der Waals surface area contributed by atoms with E-state index in [2.05, 4.69) is 41.8 Å². The monoisotopic (exact) mass is 447 g/mol. The van der Waals surface area contributed by atoms with Gasteiger partial charge in [-0.2, -0.15) is 0 Å². The number of fused-ring (bicyclic) bond motifs is 3. The zero-order valence-corrected chi connectivity index (χ0v) is 19.0. The summed E-state index contributed by atoms with van der Waals surface area (Å²) in [6, 6.07) is 14.2. The van der Waals surface area contributed by atoms with Gasteiger partial charge < -0.3 is 9.64 Å². The van der Waals surface area contributed by atoms with Crippen molar-refractivity contribution >= 4 is 38.4 Å². The number of nitrogens with zero attached hydrogens (tertiary/aromatic N) is 3. The van der Waals surface area contributed by atoms with Gasteiger partial charge in [-0.05, 0) is 44.9 Å². The number of aromatic nitrogens is 2. The second kappa shape index (κ2) is 8.39. The molecular weight excluding hydrogens is 422 g/mol. The molecule has 0 radical (unpaired) electrons. The molecule has 1 aliphatic heterocycles. The Kier molecular flexibility index (Phi) is 5.43. The highest BCUT2D eigenvalue weighted by Gasteiger charge is 2.28. The van der Waals surface area contributed by atoms with Crippen LogP contribution in [0.2, 0.25) is 0 Å². The highest BCUT2D eigenvalue weighted by molar-refractivity contribution is 7.23. The lowest BCUT2D eigenvalue weighted by atomic mass is 9.96. The Bertz CT molecular complexity index is 1300. The molecule has 7 heteroatoms. The number of thiazole rings is 1. The lowest BCUT2D eigenvalue weighted by Gasteiger charge is -2.31. The molecule has 2 aromatic heterocycles. The van der Waals surface area contributed by atoms with Crippen LogP contribution in [0.15, 0.2) is 48.7 Å². The highest BCUT2D eigenvalue weighted by atomic mass is 32.1. The van der Waals surface area contributed by atoms with E-state index in [1.165, 1.54) is 5.56 Å². The standard InChI is InChI=1S/C25H25N3O3S/c1-3-31-24(30)18-10-12-27(13-11-18)23(29)19-8-9-21-22(14-19)32-25-26-20(15-28(21)25)17-6-4-16(2)5-7-17/h4-9,14-15,18H,3,10-13H2,1-2H3. The van der Waals surface area contributed by atoms with Gasteiger partial charge in [-0.25, -0.2) is 4.98 Å². The van der Waals surface area contributed by atoms with Crippen LogP contribution in [0.5, 0.6) is 0 Å². The summed E-state index contributed by atoms with van der Waals surface area (Å²) in [5, 5.41) is 0. The van der Waals surface area contributed by atoms with E-state index in [1.54, 1.807) is 11.3 Å². The van der Waals surface area contributed by atoms with Crippen LogP contribution in [0.25, 0.3) is 26.4 Å². The van der Waals surface area contributed by atoms with E-state index < -0.39 is 0 Å². The quantitative estimate of drug-likeness (QED) is 0.416. The van der Waals surface area contributed by atoms with Gasteiger partial charge in [0.2, 0.25) is 0 Å². The number of likely N-dealkylation sites (tertiary alicyclic amines) is 1. The SMILES string of the molecule is CCOC(=O)C1CCN(C(=O)c2ccc3c(c2)sc2nc(-c4ccc(C)cc4)cn23)CC1. The minimum atomic E-state index is -0.145. The smallest absolute Gasteiger partial charge is 0.309 e. The zero-order chi connectivity index (χ0) is 22.2. The second-order valence-corrected chi connectivity index (χ2v) is 9.26. The van der Waals surface area contributed by atoms with Gasteiger partial charge >= 0.3 is 5.97 Å². The number of carbonyl (C=O) groups is 2. The van der Waals surface area contributed by atoms with Crippen molar-refractivity contribution in [3.8, 4) is 11.3 Å². The van der Waals surface area contributed by atoms with Gasteiger partial charge in [0.25, 0.3) is 5.91 Å². The first-order chi connectivity index (χ1) is 15.5. The number of benzene rings is 2. The Hall–Kier alpha value is -3.19. The fraction of sp³-hybridized carbons (Fsp3) is 0.320. The van der Waals surface area contributed by atoms with Crippen LogP contribution in [-0.2, 0) is 9.53 Å². The van der Waals surface area contributed by atoms with Crippen LogP contribution >= 0.6 is 11.3 Å². The molecule has 0 atom stereocenters. The summed E-state index contributed by atoms with van der Waals surface area (Å²) in [4.78, 5) is 32.6. The first kappa shape index (κ1) is 20.7.